The molecule has 0 amide bonds. The van der Waals surface area contributed by atoms with Crippen LogP contribution in [0.1, 0.15) is 49.9 Å². The molecule has 0 aromatic heterocycles. The normalized spacial score (nSPS) is 14.1. The number of fused-ring (bicyclic) bond motifs is 6. The SMILES string of the molecule is CC1(C)c2ccccc2-c2ccc(N(c3ccc(-c4ccccc4)cc3)c3ccccc3-c3ccc4c(c3)-c3c(-c5ccccc5)cccc3C4(C)C)cc21. The van der Waals surface area contributed by atoms with Gasteiger partial charge in [0.2, 0.25) is 0 Å². The summed E-state index contributed by atoms with van der Waals surface area (Å²) in [4.78, 5) is 2.46. The molecule has 0 heterocycles. The first-order valence-electron chi connectivity index (χ1n) is 19.4. The van der Waals surface area contributed by atoms with Gasteiger partial charge < -0.3 is 4.90 Å². The molecule has 8 aromatic carbocycles. The monoisotopic (exact) mass is 705 g/mol. The van der Waals surface area contributed by atoms with Gasteiger partial charge in [0.25, 0.3) is 0 Å². The van der Waals surface area contributed by atoms with E-state index in [0.717, 1.165) is 17.1 Å². The van der Waals surface area contributed by atoms with Crippen molar-refractivity contribution in [1.29, 1.82) is 0 Å². The summed E-state index contributed by atoms with van der Waals surface area (Å²) in [7, 11) is 0. The molecule has 0 spiro atoms. The van der Waals surface area contributed by atoms with Crippen molar-refractivity contribution in [2.45, 2.75) is 38.5 Å². The molecule has 1 nitrogen and oxygen atoms in total. The molecule has 8 aromatic rings. The first-order valence-corrected chi connectivity index (χ1v) is 19.4. The first kappa shape index (κ1) is 33.2. The lowest BCUT2D eigenvalue weighted by Gasteiger charge is -2.30. The lowest BCUT2D eigenvalue weighted by Crippen LogP contribution is -2.17. The third-order valence-corrected chi connectivity index (χ3v) is 12.3. The summed E-state index contributed by atoms with van der Waals surface area (Å²) in [5.74, 6) is 0. The molecule has 0 aliphatic heterocycles. The Balaban J connectivity index is 1.16. The first-order chi connectivity index (χ1) is 26.8. The lowest BCUT2D eigenvalue weighted by molar-refractivity contribution is 0.660. The van der Waals surface area contributed by atoms with E-state index in [1.54, 1.807) is 0 Å². The molecular weight excluding hydrogens is 663 g/mol. The standard InChI is InChI=1S/C54H43N/c1-53(2)48-33-28-39(34-46(48)52-43(22-15-24-49(52)53)38-18-9-6-10-19-38)42-20-12-14-25-51(42)55(40-29-26-37(27-30-40)36-16-7-5-8-17-36)41-31-32-45-44-21-11-13-23-47(44)54(3,4)50(45)35-41/h5-35H,1-4H3. The second-order valence-electron chi connectivity index (χ2n) is 16.1. The molecule has 0 unspecified atom stereocenters. The van der Waals surface area contributed by atoms with E-state index >= 15 is 0 Å². The minimum absolute atomic E-state index is 0.102. The average molecular weight is 706 g/mol. The number of rotatable bonds is 6. The van der Waals surface area contributed by atoms with E-state index in [4.69, 9.17) is 0 Å². The van der Waals surface area contributed by atoms with E-state index in [1.807, 2.05) is 0 Å². The number of benzene rings is 8. The van der Waals surface area contributed by atoms with Gasteiger partial charge in [-0.2, -0.15) is 0 Å². The zero-order valence-electron chi connectivity index (χ0n) is 31.8. The summed E-state index contributed by atoms with van der Waals surface area (Å²) in [6.45, 7) is 9.47. The van der Waals surface area contributed by atoms with Crippen molar-refractivity contribution in [1.82, 2.24) is 0 Å². The van der Waals surface area contributed by atoms with Gasteiger partial charge >= 0.3 is 0 Å². The highest BCUT2D eigenvalue weighted by molar-refractivity contribution is 5.96. The molecule has 10 rings (SSSR count). The highest BCUT2D eigenvalue weighted by atomic mass is 15.1. The molecule has 0 saturated carbocycles. The van der Waals surface area contributed by atoms with Crippen LogP contribution in [0.15, 0.2) is 188 Å². The maximum Gasteiger partial charge on any atom is 0.0540 e. The third-order valence-electron chi connectivity index (χ3n) is 12.3. The van der Waals surface area contributed by atoms with Gasteiger partial charge in [0, 0.05) is 27.8 Å². The third kappa shape index (κ3) is 5.22. The molecule has 1 heteroatoms. The summed E-state index contributed by atoms with van der Waals surface area (Å²) in [6.07, 6.45) is 0. The van der Waals surface area contributed by atoms with Gasteiger partial charge in [-0.05, 0) is 109 Å². The Morgan fingerprint density at radius 1 is 0.309 bits per heavy atom. The fraction of sp³-hybridized carbons (Fsp3) is 0.111. The Hall–Kier alpha value is -6.44. The van der Waals surface area contributed by atoms with Crippen LogP contribution in [-0.4, -0.2) is 0 Å². The van der Waals surface area contributed by atoms with Crippen molar-refractivity contribution in [3.05, 3.63) is 210 Å². The van der Waals surface area contributed by atoms with Crippen molar-refractivity contribution in [2.24, 2.45) is 0 Å². The number of hydrogen-bond acceptors (Lipinski definition) is 1. The largest absolute Gasteiger partial charge is 0.310 e. The van der Waals surface area contributed by atoms with Crippen molar-refractivity contribution in [3.63, 3.8) is 0 Å². The predicted octanol–water partition coefficient (Wildman–Crippen LogP) is 14.8. The van der Waals surface area contributed by atoms with Crippen LogP contribution in [-0.2, 0) is 10.8 Å². The van der Waals surface area contributed by atoms with Gasteiger partial charge in [0.1, 0.15) is 0 Å². The summed E-state index contributed by atoms with van der Waals surface area (Å²) in [5.41, 5.74) is 21.4. The van der Waals surface area contributed by atoms with Gasteiger partial charge in [-0.25, -0.2) is 0 Å². The van der Waals surface area contributed by atoms with E-state index < -0.39 is 0 Å². The number of nitrogens with zero attached hydrogens (tertiary/aromatic N) is 1. The van der Waals surface area contributed by atoms with Gasteiger partial charge in [0.05, 0.1) is 5.69 Å². The highest BCUT2D eigenvalue weighted by Crippen LogP contribution is 2.54. The van der Waals surface area contributed by atoms with Gasteiger partial charge in [0.15, 0.2) is 0 Å². The summed E-state index contributed by atoms with van der Waals surface area (Å²) in [5, 5.41) is 0. The van der Waals surface area contributed by atoms with Crippen LogP contribution in [0.5, 0.6) is 0 Å². The van der Waals surface area contributed by atoms with E-state index in [-0.39, 0.29) is 10.8 Å². The van der Waals surface area contributed by atoms with Crippen molar-refractivity contribution < 1.29 is 0 Å². The quantitative estimate of drug-likeness (QED) is 0.166. The van der Waals surface area contributed by atoms with Gasteiger partial charge in [-0.3, -0.25) is 0 Å². The van der Waals surface area contributed by atoms with Gasteiger partial charge in [-0.15, -0.1) is 0 Å². The van der Waals surface area contributed by atoms with Crippen molar-refractivity contribution in [3.8, 4) is 55.6 Å². The smallest absolute Gasteiger partial charge is 0.0540 e. The Kier molecular flexibility index (Phi) is 7.58. The Bertz CT molecular complexity index is 2740. The van der Waals surface area contributed by atoms with Crippen LogP contribution in [0, 0.1) is 0 Å². The fourth-order valence-corrected chi connectivity index (χ4v) is 9.44. The van der Waals surface area contributed by atoms with Gasteiger partial charge in [-0.1, -0.05) is 179 Å². The second-order valence-corrected chi connectivity index (χ2v) is 16.1. The summed E-state index contributed by atoms with van der Waals surface area (Å²) >= 11 is 0. The number of anilines is 3. The maximum absolute atomic E-state index is 2.46. The highest BCUT2D eigenvalue weighted by Gasteiger charge is 2.38. The molecule has 0 bridgehead atoms. The second kappa shape index (κ2) is 12.6. The molecule has 0 saturated heterocycles. The minimum Gasteiger partial charge on any atom is -0.310 e. The van der Waals surface area contributed by atoms with E-state index in [2.05, 4.69) is 221 Å². The number of hydrogen-bond donors (Lipinski definition) is 0. The van der Waals surface area contributed by atoms with Crippen LogP contribution in [0.25, 0.3) is 55.6 Å². The summed E-state index contributed by atoms with van der Waals surface area (Å²) in [6, 6.07) is 69.5. The van der Waals surface area contributed by atoms with E-state index in [0.29, 0.717) is 0 Å². The molecule has 0 atom stereocenters. The predicted molar refractivity (Wildman–Crippen MR) is 233 cm³/mol. The Labute approximate surface area is 325 Å². The fourth-order valence-electron chi connectivity index (χ4n) is 9.44. The summed E-state index contributed by atoms with van der Waals surface area (Å²) < 4.78 is 0. The zero-order chi connectivity index (χ0) is 37.3. The molecular formula is C54H43N. The molecule has 2 aliphatic carbocycles. The average Bonchev–Trinajstić information content (AvgIpc) is 3.61. The molecule has 2 aliphatic rings. The van der Waals surface area contributed by atoms with Crippen LogP contribution >= 0.6 is 0 Å². The molecule has 0 radical (unpaired) electrons. The zero-order valence-corrected chi connectivity index (χ0v) is 31.8. The molecule has 0 fully saturated rings. The molecule has 264 valence electrons. The van der Waals surface area contributed by atoms with E-state index in [1.165, 1.54) is 77.9 Å². The number of para-hydroxylation sites is 1. The van der Waals surface area contributed by atoms with Crippen molar-refractivity contribution in [2.75, 3.05) is 4.90 Å². The lowest BCUT2D eigenvalue weighted by atomic mass is 9.81. The van der Waals surface area contributed by atoms with Crippen LogP contribution < -0.4 is 4.90 Å². The Morgan fingerprint density at radius 3 is 1.60 bits per heavy atom. The van der Waals surface area contributed by atoms with Crippen LogP contribution in [0.2, 0.25) is 0 Å². The topological polar surface area (TPSA) is 3.24 Å². The van der Waals surface area contributed by atoms with Crippen LogP contribution in [0.3, 0.4) is 0 Å². The van der Waals surface area contributed by atoms with Crippen LogP contribution in [0.4, 0.5) is 17.1 Å². The minimum atomic E-state index is -0.110. The molecule has 0 N–H and O–H groups in total. The van der Waals surface area contributed by atoms with Crippen molar-refractivity contribution >= 4 is 17.1 Å². The Morgan fingerprint density at radius 2 is 0.836 bits per heavy atom. The molecule has 55 heavy (non-hydrogen) atoms. The van der Waals surface area contributed by atoms with E-state index in [9.17, 15) is 0 Å². The maximum atomic E-state index is 2.46.